The van der Waals surface area contributed by atoms with Gasteiger partial charge in [0.15, 0.2) is 0 Å². The van der Waals surface area contributed by atoms with E-state index < -0.39 is 30.3 Å². The number of carbonyl (C=O) groups is 4. The van der Waals surface area contributed by atoms with Crippen molar-refractivity contribution in [3.05, 3.63) is 29.8 Å². The summed E-state index contributed by atoms with van der Waals surface area (Å²) < 4.78 is 5.24. The van der Waals surface area contributed by atoms with Crippen LogP contribution in [-0.2, 0) is 20.8 Å². The number of urea groups is 1. The number of benzene rings is 1. The smallest absolute Gasteiger partial charge is 0.334 e. The number of unbranched alkanes of at least 4 members (excludes halogenated alkanes) is 1. The van der Waals surface area contributed by atoms with Crippen molar-refractivity contribution in [2.24, 2.45) is 0 Å². The van der Waals surface area contributed by atoms with Crippen LogP contribution >= 0.6 is 0 Å². The van der Waals surface area contributed by atoms with Gasteiger partial charge in [0.05, 0.1) is 7.11 Å². The fourth-order valence-electron chi connectivity index (χ4n) is 2.65. The van der Waals surface area contributed by atoms with E-state index >= 15 is 0 Å². The molecule has 0 aliphatic carbocycles. The molecule has 5 amide bonds. The van der Waals surface area contributed by atoms with Crippen LogP contribution in [0.2, 0.25) is 0 Å². The van der Waals surface area contributed by atoms with Crippen LogP contribution in [0.3, 0.4) is 0 Å². The van der Waals surface area contributed by atoms with E-state index in [0.717, 1.165) is 22.6 Å². The lowest BCUT2D eigenvalue weighted by molar-refractivity contribution is -0.144. The molecule has 1 heterocycles. The lowest BCUT2D eigenvalue weighted by atomic mass is 10.1. The number of ether oxygens (including phenoxy) is 1. The third-order valence-electron chi connectivity index (χ3n) is 4.08. The van der Waals surface area contributed by atoms with Crippen molar-refractivity contribution in [1.29, 1.82) is 0 Å². The minimum Gasteiger partial charge on any atom is -0.496 e. The molecule has 0 unspecified atom stereocenters. The highest BCUT2D eigenvalue weighted by atomic mass is 16.5. The normalized spacial score (nSPS) is 14.2. The molecule has 1 fully saturated rings. The molecule has 0 aromatic heterocycles. The summed E-state index contributed by atoms with van der Waals surface area (Å²) in [7, 11) is 1.57. The molecule has 8 nitrogen and oxygen atoms in total. The first-order chi connectivity index (χ1) is 12.5. The van der Waals surface area contributed by atoms with Crippen LogP contribution in [-0.4, -0.2) is 60.3 Å². The predicted octanol–water partition coefficient (Wildman–Crippen LogP) is 0.945. The van der Waals surface area contributed by atoms with Crippen molar-refractivity contribution in [1.82, 2.24) is 15.1 Å². The topological polar surface area (TPSA) is 96.0 Å². The van der Waals surface area contributed by atoms with E-state index in [-0.39, 0.29) is 6.54 Å². The van der Waals surface area contributed by atoms with Gasteiger partial charge in [-0.25, -0.2) is 9.69 Å². The van der Waals surface area contributed by atoms with Crippen molar-refractivity contribution in [3.63, 3.8) is 0 Å². The van der Waals surface area contributed by atoms with Gasteiger partial charge in [-0.15, -0.1) is 0 Å². The summed E-state index contributed by atoms with van der Waals surface area (Å²) in [5, 5.41) is 2.65. The maximum Gasteiger partial charge on any atom is 0.334 e. The first kappa shape index (κ1) is 19.4. The average Bonchev–Trinajstić information content (AvgIpc) is 2.84. The van der Waals surface area contributed by atoms with Crippen LogP contribution in [0.4, 0.5) is 4.79 Å². The third-order valence-corrected chi connectivity index (χ3v) is 4.08. The van der Waals surface area contributed by atoms with Gasteiger partial charge >= 0.3 is 17.8 Å². The lowest BCUT2D eigenvalue weighted by Gasteiger charge is -2.15. The summed E-state index contributed by atoms with van der Waals surface area (Å²) in [5.41, 5.74) is 0.935. The summed E-state index contributed by atoms with van der Waals surface area (Å²) in [4.78, 5) is 49.6. The number of nitrogens with zero attached hydrogens (tertiary/aromatic N) is 2. The number of imide groups is 2. The maximum atomic E-state index is 12.2. The van der Waals surface area contributed by atoms with Crippen LogP contribution in [0, 0.1) is 0 Å². The Morgan fingerprint density at radius 3 is 2.50 bits per heavy atom. The standard InChI is InChI=1S/C18H23N3O5/c1-3-4-11-20-16(23)17(24)21(18(20)25)12-15(22)19-10-9-13-7-5-6-8-14(13)26-2/h5-8H,3-4,9-12H2,1-2H3,(H,19,22). The van der Waals surface area contributed by atoms with Crippen molar-refractivity contribution in [3.8, 4) is 5.75 Å². The zero-order chi connectivity index (χ0) is 19.1. The molecule has 8 heteroatoms. The first-order valence-electron chi connectivity index (χ1n) is 8.55. The van der Waals surface area contributed by atoms with Gasteiger partial charge in [0.2, 0.25) is 5.91 Å². The summed E-state index contributed by atoms with van der Waals surface area (Å²) >= 11 is 0. The van der Waals surface area contributed by atoms with E-state index in [0.29, 0.717) is 24.3 Å². The number of rotatable bonds is 9. The minimum absolute atomic E-state index is 0.186. The zero-order valence-corrected chi connectivity index (χ0v) is 15.0. The highest BCUT2D eigenvalue weighted by molar-refractivity contribution is 6.45. The summed E-state index contributed by atoms with van der Waals surface area (Å²) in [5.74, 6) is -1.59. The molecule has 0 bridgehead atoms. The second-order valence-electron chi connectivity index (χ2n) is 5.90. The molecular weight excluding hydrogens is 338 g/mol. The average molecular weight is 361 g/mol. The molecule has 0 saturated carbocycles. The van der Waals surface area contributed by atoms with Gasteiger partial charge in [-0.3, -0.25) is 19.3 Å². The van der Waals surface area contributed by atoms with Crippen molar-refractivity contribution in [2.75, 3.05) is 26.7 Å². The molecule has 26 heavy (non-hydrogen) atoms. The van der Waals surface area contributed by atoms with Crippen LogP contribution in [0.5, 0.6) is 5.75 Å². The number of para-hydroxylation sites is 1. The quantitative estimate of drug-likeness (QED) is 0.522. The molecule has 1 N–H and O–H groups in total. The van der Waals surface area contributed by atoms with Crippen molar-refractivity contribution >= 4 is 23.8 Å². The molecule has 1 aromatic rings. The summed E-state index contributed by atoms with van der Waals surface area (Å²) in [6.07, 6.45) is 1.94. The Balaban J connectivity index is 1.86. The van der Waals surface area contributed by atoms with Gasteiger partial charge in [0, 0.05) is 13.1 Å². The molecule has 0 atom stereocenters. The highest BCUT2D eigenvalue weighted by Gasteiger charge is 2.44. The largest absolute Gasteiger partial charge is 0.496 e. The Morgan fingerprint density at radius 2 is 1.81 bits per heavy atom. The Bertz CT molecular complexity index is 704. The number of carbonyl (C=O) groups excluding carboxylic acids is 4. The van der Waals surface area contributed by atoms with Gasteiger partial charge in [0.1, 0.15) is 12.3 Å². The number of amides is 5. The third kappa shape index (κ3) is 4.38. The van der Waals surface area contributed by atoms with Crippen LogP contribution in [0.25, 0.3) is 0 Å². The van der Waals surface area contributed by atoms with E-state index in [4.69, 9.17) is 4.74 Å². The summed E-state index contributed by atoms with van der Waals surface area (Å²) in [6.45, 7) is 1.96. The van der Waals surface area contributed by atoms with Crippen LogP contribution in [0.1, 0.15) is 25.3 Å². The van der Waals surface area contributed by atoms with Crippen LogP contribution < -0.4 is 10.1 Å². The Kier molecular flexibility index (Phi) is 6.71. The van der Waals surface area contributed by atoms with E-state index in [9.17, 15) is 19.2 Å². The Morgan fingerprint density at radius 1 is 1.12 bits per heavy atom. The molecule has 1 aliphatic rings. The number of hydrogen-bond donors (Lipinski definition) is 1. The molecule has 1 aromatic carbocycles. The zero-order valence-electron chi connectivity index (χ0n) is 15.0. The van der Waals surface area contributed by atoms with E-state index in [1.165, 1.54) is 0 Å². The molecule has 2 rings (SSSR count). The van der Waals surface area contributed by atoms with E-state index in [2.05, 4.69) is 5.32 Å². The minimum atomic E-state index is -0.953. The molecule has 1 saturated heterocycles. The van der Waals surface area contributed by atoms with Crippen molar-refractivity contribution < 1.29 is 23.9 Å². The van der Waals surface area contributed by atoms with Gasteiger partial charge in [0.25, 0.3) is 0 Å². The second-order valence-corrected chi connectivity index (χ2v) is 5.90. The lowest BCUT2D eigenvalue weighted by Crippen LogP contribution is -2.42. The molecule has 0 spiro atoms. The second kappa shape index (κ2) is 8.98. The number of hydrogen-bond acceptors (Lipinski definition) is 5. The Labute approximate surface area is 152 Å². The van der Waals surface area contributed by atoms with E-state index in [1.807, 2.05) is 31.2 Å². The fraction of sp³-hybridized carbons (Fsp3) is 0.444. The van der Waals surface area contributed by atoms with E-state index in [1.54, 1.807) is 7.11 Å². The number of methoxy groups -OCH3 is 1. The highest BCUT2D eigenvalue weighted by Crippen LogP contribution is 2.17. The fourth-order valence-corrected chi connectivity index (χ4v) is 2.65. The SMILES string of the molecule is CCCCN1C(=O)C(=O)N(CC(=O)NCCc2ccccc2OC)C1=O. The predicted molar refractivity (Wildman–Crippen MR) is 93.4 cm³/mol. The molecule has 1 aliphatic heterocycles. The van der Waals surface area contributed by atoms with Gasteiger partial charge in [-0.05, 0) is 24.5 Å². The number of nitrogens with one attached hydrogen (secondary N) is 1. The van der Waals surface area contributed by atoms with Gasteiger partial charge in [-0.1, -0.05) is 31.5 Å². The van der Waals surface area contributed by atoms with Crippen LogP contribution in [0.15, 0.2) is 24.3 Å². The van der Waals surface area contributed by atoms with Crippen molar-refractivity contribution in [2.45, 2.75) is 26.2 Å². The molecule has 140 valence electrons. The van der Waals surface area contributed by atoms with Gasteiger partial charge < -0.3 is 10.1 Å². The Hall–Kier alpha value is -2.90. The molecule has 0 radical (unpaired) electrons. The maximum absolute atomic E-state index is 12.2. The van der Waals surface area contributed by atoms with Gasteiger partial charge in [-0.2, -0.15) is 0 Å². The first-order valence-corrected chi connectivity index (χ1v) is 8.55. The monoisotopic (exact) mass is 361 g/mol. The summed E-state index contributed by atoms with van der Waals surface area (Å²) in [6, 6.07) is 6.72. The molecular formula is C18H23N3O5.